The second kappa shape index (κ2) is 8.95. The third kappa shape index (κ3) is 4.40. The third-order valence-electron chi connectivity index (χ3n) is 4.87. The molecule has 0 unspecified atom stereocenters. The van der Waals surface area contributed by atoms with Crippen molar-refractivity contribution in [3.05, 3.63) is 88.2 Å². The van der Waals surface area contributed by atoms with Crippen LogP contribution >= 0.6 is 11.6 Å². The van der Waals surface area contributed by atoms with Gasteiger partial charge >= 0.3 is 0 Å². The molecule has 1 N–H and O–H groups in total. The lowest BCUT2D eigenvalue weighted by molar-refractivity contribution is 0.284. The first kappa shape index (κ1) is 20.5. The van der Waals surface area contributed by atoms with Crippen molar-refractivity contribution in [3.8, 4) is 17.6 Å². The largest absolute Gasteiger partial charge is 0.493 e. The fourth-order valence-corrected chi connectivity index (χ4v) is 3.48. The first-order valence-corrected chi connectivity index (χ1v) is 10.1. The van der Waals surface area contributed by atoms with Gasteiger partial charge in [0.1, 0.15) is 18.5 Å². The third-order valence-corrected chi connectivity index (χ3v) is 5.24. The van der Waals surface area contributed by atoms with E-state index in [1.807, 2.05) is 67.6 Å². The summed E-state index contributed by atoms with van der Waals surface area (Å²) in [6.45, 7) is 2.28. The molecule has 0 aliphatic carbocycles. The van der Waals surface area contributed by atoms with Crippen LogP contribution in [0.1, 0.15) is 22.5 Å². The molecule has 4 aromatic rings. The van der Waals surface area contributed by atoms with Gasteiger partial charge in [0.15, 0.2) is 11.5 Å². The molecule has 4 rings (SSSR count). The minimum absolute atomic E-state index is 0.271. The predicted molar refractivity (Wildman–Crippen MR) is 123 cm³/mol. The highest BCUT2D eigenvalue weighted by atomic mass is 35.5. The summed E-state index contributed by atoms with van der Waals surface area (Å²) >= 11 is 6.26. The Balaban J connectivity index is 1.72. The molecule has 154 valence electrons. The Labute approximate surface area is 185 Å². The number of nitrogens with zero attached hydrogens (tertiary/aromatic N) is 2. The number of hydrogen-bond acceptors (Lipinski definition) is 4. The Hall–Kier alpha value is -3.75. The first-order valence-electron chi connectivity index (χ1n) is 9.71. The molecule has 0 bridgehead atoms. The molecule has 0 spiro atoms. The molecule has 5 nitrogen and oxygen atoms in total. The monoisotopic (exact) mass is 429 g/mol. The lowest BCUT2D eigenvalue weighted by atomic mass is 10.1. The molecule has 0 saturated carbocycles. The van der Waals surface area contributed by atoms with Gasteiger partial charge in [0.2, 0.25) is 0 Å². The molecule has 31 heavy (non-hydrogen) atoms. The summed E-state index contributed by atoms with van der Waals surface area (Å²) in [5, 5.41) is 10.4. The zero-order valence-corrected chi connectivity index (χ0v) is 17.9. The average Bonchev–Trinajstić information content (AvgIpc) is 3.20. The number of rotatable bonds is 6. The van der Waals surface area contributed by atoms with Gasteiger partial charge in [0.25, 0.3) is 0 Å². The SMILES string of the molecule is COc1cccc(/C=C(/C#N)c2nc3ccc(C)cc3[nH]2)c1OCc1ccccc1Cl. The zero-order valence-electron chi connectivity index (χ0n) is 17.1. The molecule has 0 amide bonds. The topological polar surface area (TPSA) is 70.9 Å². The summed E-state index contributed by atoms with van der Waals surface area (Å²) in [5.74, 6) is 1.60. The molecule has 0 radical (unpaired) electrons. The number of aromatic amines is 1. The maximum Gasteiger partial charge on any atom is 0.168 e. The number of nitriles is 1. The fourth-order valence-electron chi connectivity index (χ4n) is 3.29. The lowest BCUT2D eigenvalue weighted by Crippen LogP contribution is -2.00. The second-order valence-corrected chi connectivity index (χ2v) is 7.44. The Bertz CT molecular complexity index is 1320. The Morgan fingerprint density at radius 1 is 1.16 bits per heavy atom. The summed E-state index contributed by atoms with van der Waals surface area (Å²) in [6, 6.07) is 21.2. The minimum atomic E-state index is 0.271. The molecule has 0 aliphatic rings. The number of nitrogens with one attached hydrogen (secondary N) is 1. The highest BCUT2D eigenvalue weighted by Crippen LogP contribution is 2.34. The number of para-hydroxylation sites is 1. The van der Waals surface area contributed by atoms with Crippen LogP contribution in [0, 0.1) is 18.3 Å². The maximum absolute atomic E-state index is 9.81. The van der Waals surface area contributed by atoms with Gasteiger partial charge in [-0.15, -0.1) is 0 Å². The van der Waals surface area contributed by atoms with E-state index in [2.05, 4.69) is 16.0 Å². The quantitative estimate of drug-likeness (QED) is 0.371. The van der Waals surface area contributed by atoms with Crippen molar-refractivity contribution in [3.63, 3.8) is 0 Å². The summed E-state index contributed by atoms with van der Waals surface area (Å²) in [5.41, 5.74) is 4.77. The number of imidazole rings is 1. The van der Waals surface area contributed by atoms with Gasteiger partial charge in [-0.1, -0.05) is 48.0 Å². The van der Waals surface area contributed by atoms with Crippen LogP contribution in [0.2, 0.25) is 5.02 Å². The van der Waals surface area contributed by atoms with E-state index in [1.165, 1.54) is 0 Å². The number of benzene rings is 3. The van der Waals surface area contributed by atoms with Crippen molar-refractivity contribution in [1.82, 2.24) is 9.97 Å². The number of methoxy groups -OCH3 is 1. The van der Waals surface area contributed by atoms with E-state index in [0.29, 0.717) is 33.5 Å². The van der Waals surface area contributed by atoms with E-state index in [-0.39, 0.29) is 6.61 Å². The van der Waals surface area contributed by atoms with E-state index in [4.69, 9.17) is 21.1 Å². The maximum atomic E-state index is 9.81. The lowest BCUT2D eigenvalue weighted by Gasteiger charge is -2.14. The van der Waals surface area contributed by atoms with Gasteiger partial charge in [0.05, 0.1) is 23.7 Å². The summed E-state index contributed by atoms with van der Waals surface area (Å²) in [7, 11) is 1.58. The number of aryl methyl sites for hydroxylation is 1. The number of hydrogen-bond donors (Lipinski definition) is 1. The summed E-state index contributed by atoms with van der Waals surface area (Å²) < 4.78 is 11.6. The summed E-state index contributed by atoms with van der Waals surface area (Å²) in [4.78, 5) is 7.79. The number of halogens is 1. The molecule has 0 saturated heterocycles. The number of aromatic nitrogens is 2. The Morgan fingerprint density at radius 3 is 2.77 bits per heavy atom. The number of ether oxygens (including phenoxy) is 2. The smallest absolute Gasteiger partial charge is 0.168 e. The second-order valence-electron chi connectivity index (χ2n) is 7.03. The van der Waals surface area contributed by atoms with Crippen molar-refractivity contribution in [1.29, 1.82) is 5.26 Å². The van der Waals surface area contributed by atoms with E-state index in [1.54, 1.807) is 13.2 Å². The molecular formula is C25H20ClN3O2. The van der Waals surface area contributed by atoms with Crippen LogP contribution in [0.25, 0.3) is 22.7 Å². The van der Waals surface area contributed by atoms with Crippen LogP contribution < -0.4 is 9.47 Å². The van der Waals surface area contributed by atoms with E-state index >= 15 is 0 Å². The fraction of sp³-hybridized carbons (Fsp3) is 0.120. The van der Waals surface area contributed by atoms with Crippen LogP contribution in [0.5, 0.6) is 11.5 Å². The summed E-state index contributed by atoms with van der Waals surface area (Å²) in [6.07, 6.45) is 1.75. The van der Waals surface area contributed by atoms with Gasteiger partial charge in [-0.25, -0.2) is 4.98 Å². The van der Waals surface area contributed by atoms with Gasteiger partial charge in [-0.3, -0.25) is 0 Å². The Kier molecular flexibility index (Phi) is 5.92. The molecular weight excluding hydrogens is 410 g/mol. The Morgan fingerprint density at radius 2 is 2.00 bits per heavy atom. The molecule has 0 aliphatic heterocycles. The standard InChI is InChI=1S/C25H20ClN3O2/c1-16-10-11-21-22(12-16)29-25(28-21)19(14-27)13-17-7-5-9-23(30-2)24(17)31-15-18-6-3-4-8-20(18)26/h3-13H,15H2,1-2H3,(H,28,29)/b19-13-. The van der Waals surface area contributed by atoms with Crippen LogP contribution in [0.15, 0.2) is 60.7 Å². The van der Waals surface area contributed by atoms with Gasteiger partial charge in [0, 0.05) is 16.1 Å². The number of allylic oxidation sites excluding steroid dienone is 1. The molecule has 0 fully saturated rings. The van der Waals surface area contributed by atoms with Crippen molar-refractivity contribution in [2.45, 2.75) is 13.5 Å². The van der Waals surface area contributed by atoms with Crippen LogP contribution in [-0.2, 0) is 6.61 Å². The van der Waals surface area contributed by atoms with Crippen molar-refractivity contribution >= 4 is 34.3 Å². The molecule has 6 heteroatoms. The van der Waals surface area contributed by atoms with E-state index in [0.717, 1.165) is 22.2 Å². The first-order chi connectivity index (χ1) is 15.1. The van der Waals surface area contributed by atoms with Gasteiger partial charge in [-0.05, 0) is 42.8 Å². The van der Waals surface area contributed by atoms with Crippen LogP contribution in [0.4, 0.5) is 0 Å². The molecule has 0 atom stereocenters. The van der Waals surface area contributed by atoms with Crippen LogP contribution in [0.3, 0.4) is 0 Å². The molecule has 1 aromatic heterocycles. The van der Waals surface area contributed by atoms with E-state index in [9.17, 15) is 5.26 Å². The van der Waals surface area contributed by atoms with Crippen molar-refractivity contribution in [2.24, 2.45) is 0 Å². The number of fused-ring (bicyclic) bond motifs is 1. The van der Waals surface area contributed by atoms with Gasteiger partial charge < -0.3 is 14.5 Å². The van der Waals surface area contributed by atoms with Crippen molar-refractivity contribution in [2.75, 3.05) is 7.11 Å². The number of H-pyrrole nitrogens is 1. The minimum Gasteiger partial charge on any atom is -0.493 e. The van der Waals surface area contributed by atoms with Gasteiger partial charge in [-0.2, -0.15) is 5.26 Å². The predicted octanol–water partition coefficient (Wildman–Crippen LogP) is 6.18. The average molecular weight is 430 g/mol. The highest BCUT2D eigenvalue weighted by molar-refractivity contribution is 6.31. The van der Waals surface area contributed by atoms with Crippen LogP contribution in [-0.4, -0.2) is 17.1 Å². The van der Waals surface area contributed by atoms with E-state index < -0.39 is 0 Å². The zero-order chi connectivity index (χ0) is 21.8. The normalized spacial score (nSPS) is 11.4. The molecule has 3 aromatic carbocycles. The van der Waals surface area contributed by atoms with Crippen molar-refractivity contribution < 1.29 is 9.47 Å². The highest BCUT2D eigenvalue weighted by Gasteiger charge is 2.14. The molecule has 1 heterocycles.